The minimum Gasteiger partial charge on any atom is -0.325 e. The number of alkyl halides is 3. The summed E-state index contributed by atoms with van der Waals surface area (Å²) in [5, 5.41) is 2.54. The molecule has 0 radical (unpaired) electrons. The highest BCUT2D eigenvalue weighted by molar-refractivity contribution is 6.08. The van der Waals surface area contributed by atoms with Crippen molar-refractivity contribution in [3.63, 3.8) is 0 Å². The summed E-state index contributed by atoms with van der Waals surface area (Å²) < 4.78 is 38.2. The van der Waals surface area contributed by atoms with E-state index < -0.39 is 17.2 Å². The van der Waals surface area contributed by atoms with Crippen molar-refractivity contribution in [3.8, 4) is 0 Å². The standard InChI is InChI=1S/C15H11F3N2O/c1-14(9-4-6-19-7-5-9)11-3-2-10(15(16,17)18)8-12(11)20-13(14)21/h2-8H,1H3,(H,20,21)/t14-/m1/s1. The Labute approximate surface area is 118 Å². The molecule has 21 heavy (non-hydrogen) atoms. The van der Waals surface area contributed by atoms with Crippen molar-refractivity contribution in [1.29, 1.82) is 0 Å². The van der Waals surface area contributed by atoms with Crippen molar-refractivity contribution < 1.29 is 18.0 Å². The van der Waals surface area contributed by atoms with Crippen LogP contribution in [0.2, 0.25) is 0 Å². The molecule has 1 aliphatic heterocycles. The first kappa shape index (κ1) is 13.6. The summed E-state index contributed by atoms with van der Waals surface area (Å²) in [7, 11) is 0. The average molecular weight is 292 g/mol. The quantitative estimate of drug-likeness (QED) is 0.875. The number of carbonyl (C=O) groups excluding carboxylic acids is 1. The van der Waals surface area contributed by atoms with E-state index in [0.717, 1.165) is 12.1 Å². The number of nitrogens with one attached hydrogen (secondary N) is 1. The summed E-state index contributed by atoms with van der Waals surface area (Å²) in [5.74, 6) is -0.344. The summed E-state index contributed by atoms with van der Waals surface area (Å²) in [4.78, 5) is 16.2. The van der Waals surface area contributed by atoms with E-state index in [2.05, 4.69) is 10.3 Å². The van der Waals surface area contributed by atoms with Crippen molar-refractivity contribution in [2.45, 2.75) is 18.5 Å². The second kappa shape index (κ2) is 4.31. The second-order valence-electron chi connectivity index (χ2n) is 5.07. The minimum absolute atomic E-state index is 0.203. The van der Waals surface area contributed by atoms with Gasteiger partial charge in [-0.1, -0.05) is 6.07 Å². The zero-order chi connectivity index (χ0) is 15.3. The highest BCUT2D eigenvalue weighted by atomic mass is 19.4. The predicted octanol–water partition coefficient (Wildman–Crippen LogP) is 3.36. The molecule has 1 aliphatic rings. The number of halogens is 3. The molecule has 6 heteroatoms. The minimum atomic E-state index is -4.44. The van der Waals surface area contributed by atoms with E-state index in [1.165, 1.54) is 6.07 Å². The number of anilines is 1. The maximum atomic E-state index is 12.7. The summed E-state index contributed by atoms with van der Waals surface area (Å²) in [6.45, 7) is 1.69. The Kier molecular flexibility index (Phi) is 2.79. The lowest BCUT2D eigenvalue weighted by molar-refractivity contribution is -0.137. The highest BCUT2D eigenvalue weighted by Gasteiger charge is 2.45. The molecular formula is C15H11F3N2O. The van der Waals surface area contributed by atoms with E-state index in [1.54, 1.807) is 31.5 Å². The number of carbonyl (C=O) groups is 1. The van der Waals surface area contributed by atoms with Crippen molar-refractivity contribution >= 4 is 11.6 Å². The zero-order valence-electron chi connectivity index (χ0n) is 11.0. The van der Waals surface area contributed by atoms with E-state index in [9.17, 15) is 18.0 Å². The first-order valence-electron chi connectivity index (χ1n) is 6.27. The third kappa shape index (κ3) is 1.98. The molecule has 1 aromatic heterocycles. The van der Waals surface area contributed by atoms with Gasteiger partial charge in [0.1, 0.15) is 0 Å². The molecule has 3 rings (SSSR count). The second-order valence-corrected chi connectivity index (χ2v) is 5.07. The Morgan fingerprint density at radius 2 is 1.81 bits per heavy atom. The zero-order valence-corrected chi connectivity index (χ0v) is 11.0. The number of nitrogens with zero attached hydrogens (tertiary/aromatic N) is 1. The molecule has 1 amide bonds. The molecule has 0 bridgehead atoms. The number of amides is 1. The van der Waals surface area contributed by atoms with Crippen LogP contribution in [0.5, 0.6) is 0 Å². The van der Waals surface area contributed by atoms with Crippen molar-refractivity contribution in [3.05, 3.63) is 59.4 Å². The summed E-state index contributed by atoms with van der Waals surface area (Å²) in [6.07, 6.45) is -1.33. The maximum Gasteiger partial charge on any atom is 0.416 e. The molecule has 0 unspecified atom stereocenters. The molecule has 1 atom stereocenters. The van der Waals surface area contributed by atoms with Crippen molar-refractivity contribution in [2.24, 2.45) is 0 Å². The van der Waals surface area contributed by atoms with Gasteiger partial charge < -0.3 is 5.32 Å². The van der Waals surface area contributed by atoms with Crippen LogP contribution in [0.4, 0.5) is 18.9 Å². The SMILES string of the molecule is C[C@]1(c2ccncc2)C(=O)Nc2cc(C(F)(F)F)ccc21. The van der Waals surface area contributed by atoms with Gasteiger partial charge in [0.25, 0.3) is 0 Å². The summed E-state index contributed by atoms with van der Waals surface area (Å²) in [5.41, 5.74) is -0.363. The normalized spacial score (nSPS) is 21.0. The Hall–Kier alpha value is -2.37. The third-order valence-corrected chi connectivity index (χ3v) is 3.85. The molecule has 1 aromatic carbocycles. The van der Waals surface area contributed by atoms with Gasteiger partial charge in [0.15, 0.2) is 0 Å². The number of benzene rings is 1. The molecule has 2 aromatic rings. The van der Waals surface area contributed by atoms with Gasteiger partial charge in [0.2, 0.25) is 5.91 Å². The number of rotatable bonds is 1. The molecule has 0 fully saturated rings. The van der Waals surface area contributed by atoms with Crippen LogP contribution < -0.4 is 5.32 Å². The largest absolute Gasteiger partial charge is 0.416 e. The van der Waals surface area contributed by atoms with E-state index >= 15 is 0 Å². The number of hydrogen-bond acceptors (Lipinski definition) is 2. The first-order valence-corrected chi connectivity index (χ1v) is 6.27. The molecule has 0 saturated carbocycles. The fourth-order valence-corrected chi connectivity index (χ4v) is 2.60. The van der Waals surface area contributed by atoms with E-state index in [0.29, 0.717) is 11.1 Å². The van der Waals surface area contributed by atoms with Crippen LogP contribution in [0.15, 0.2) is 42.7 Å². The molecular weight excluding hydrogens is 281 g/mol. The smallest absolute Gasteiger partial charge is 0.325 e. The van der Waals surface area contributed by atoms with Crippen molar-refractivity contribution in [1.82, 2.24) is 4.98 Å². The van der Waals surface area contributed by atoms with E-state index in [-0.39, 0.29) is 11.6 Å². The van der Waals surface area contributed by atoms with Crippen LogP contribution in [0.25, 0.3) is 0 Å². The van der Waals surface area contributed by atoms with Gasteiger partial charge >= 0.3 is 6.18 Å². The monoisotopic (exact) mass is 292 g/mol. The Balaban J connectivity index is 2.16. The highest BCUT2D eigenvalue weighted by Crippen LogP contribution is 2.44. The van der Waals surface area contributed by atoms with Crippen LogP contribution in [0.1, 0.15) is 23.6 Å². The number of pyridine rings is 1. The van der Waals surface area contributed by atoms with E-state index in [1.807, 2.05) is 0 Å². The van der Waals surface area contributed by atoms with Crippen LogP contribution in [0.3, 0.4) is 0 Å². The van der Waals surface area contributed by atoms with Gasteiger partial charge in [0, 0.05) is 18.1 Å². The van der Waals surface area contributed by atoms with Gasteiger partial charge in [-0.2, -0.15) is 13.2 Å². The predicted molar refractivity (Wildman–Crippen MR) is 70.8 cm³/mol. The average Bonchev–Trinajstić information content (AvgIpc) is 2.71. The Morgan fingerprint density at radius 3 is 2.43 bits per heavy atom. The van der Waals surface area contributed by atoms with Crippen LogP contribution in [-0.2, 0) is 16.4 Å². The molecule has 0 saturated heterocycles. The lowest BCUT2D eigenvalue weighted by Crippen LogP contribution is -2.32. The van der Waals surface area contributed by atoms with E-state index in [4.69, 9.17) is 0 Å². The summed E-state index contributed by atoms with van der Waals surface area (Å²) in [6, 6.07) is 6.70. The van der Waals surface area contributed by atoms with Crippen molar-refractivity contribution in [2.75, 3.05) is 5.32 Å². The Bertz CT molecular complexity index is 713. The molecule has 1 N–H and O–H groups in total. The van der Waals surface area contributed by atoms with Gasteiger partial charge in [-0.25, -0.2) is 0 Å². The lowest BCUT2D eigenvalue weighted by atomic mass is 9.77. The third-order valence-electron chi connectivity index (χ3n) is 3.85. The fourth-order valence-electron chi connectivity index (χ4n) is 2.60. The van der Waals surface area contributed by atoms with Crippen LogP contribution in [0, 0.1) is 0 Å². The Morgan fingerprint density at radius 1 is 1.14 bits per heavy atom. The number of aromatic nitrogens is 1. The van der Waals surface area contributed by atoms with Gasteiger partial charge in [-0.3, -0.25) is 9.78 Å². The van der Waals surface area contributed by atoms with Gasteiger partial charge in [-0.15, -0.1) is 0 Å². The lowest BCUT2D eigenvalue weighted by Gasteiger charge is -2.22. The summed E-state index contributed by atoms with van der Waals surface area (Å²) >= 11 is 0. The van der Waals surface area contributed by atoms with Crippen LogP contribution >= 0.6 is 0 Å². The van der Waals surface area contributed by atoms with Gasteiger partial charge in [0.05, 0.1) is 11.0 Å². The first-order chi connectivity index (χ1) is 9.83. The maximum absolute atomic E-state index is 12.7. The number of hydrogen-bond donors (Lipinski definition) is 1. The van der Waals surface area contributed by atoms with Crippen LogP contribution in [-0.4, -0.2) is 10.9 Å². The van der Waals surface area contributed by atoms with Gasteiger partial charge in [-0.05, 0) is 42.3 Å². The molecule has 2 heterocycles. The molecule has 0 spiro atoms. The molecule has 0 aliphatic carbocycles. The topological polar surface area (TPSA) is 42.0 Å². The number of fused-ring (bicyclic) bond motifs is 1. The molecule has 3 nitrogen and oxygen atoms in total. The molecule has 108 valence electrons. The fraction of sp³-hybridized carbons (Fsp3) is 0.200.